The van der Waals surface area contributed by atoms with Gasteiger partial charge in [-0.15, -0.1) is 30.6 Å². The molecule has 0 amide bonds. The van der Waals surface area contributed by atoms with Gasteiger partial charge in [-0.3, -0.25) is 4.99 Å². The zero-order valence-electron chi connectivity index (χ0n) is 14.9. The Bertz CT molecular complexity index is 507. The van der Waals surface area contributed by atoms with Gasteiger partial charge < -0.3 is 20.1 Å². The van der Waals surface area contributed by atoms with Crippen LogP contribution < -0.4 is 20.1 Å². The fourth-order valence-corrected chi connectivity index (χ4v) is 2.06. The van der Waals surface area contributed by atoms with Crippen LogP contribution >= 0.6 is 24.0 Å². The minimum absolute atomic E-state index is 0. The van der Waals surface area contributed by atoms with E-state index in [4.69, 9.17) is 9.47 Å². The summed E-state index contributed by atoms with van der Waals surface area (Å²) in [6.07, 6.45) is 2.66. The first-order chi connectivity index (χ1) is 11.2. The predicted molar refractivity (Wildman–Crippen MR) is 112 cm³/mol. The monoisotopic (exact) mass is 447 g/mol. The molecule has 0 fully saturated rings. The van der Waals surface area contributed by atoms with Gasteiger partial charge in [-0.05, 0) is 44.9 Å². The first-order valence-electron chi connectivity index (χ1n) is 8.26. The van der Waals surface area contributed by atoms with E-state index in [0.717, 1.165) is 30.4 Å². The van der Waals surface area contributed by atoms with Gasteiger partial charge in [-0.2, -0.15) is 0 Å². The van der Waals surface area contributed by atoms with E-state index < -0.39 is 0 Å². The second-order valence-electron chi connectivity index (χ2n) is 4.83. The number of nitrogens with one attached hydrogen (secondary N) is 2. The molecule has 1 rings (SSSR count). The number of ether oxygens (including phenoxy) is 2. The van der Waals surface area contributed by atoms with Gasteiger partial charge in [-0.1, -0.05) is 12.1 Å². The van der Waals surface area contributed by atoms with Crippen LogP contribution in [0.3, 0.4) is 0 Å². The number of guanidine groups is 1. The molecule has 0 spiro atoms. The lowest BCUT2D eigenvalue weighted by molar-refractivity contribution is 0.287. The third kappa shape index (κ3) is 8.42. The molecule has 1 aromatic carbocycles. The van der Waals surface area contributed by atoms with Crippen molar-refractivity contribution in [2.45, 2.75) is 27.2 Å². The molecule has 0 atom stereocenters. The molecule has 136 valence electrons. The lowest BCUT2D eigenvalue weighted by atomic mass is 10.1. The fourth-order valence-electron chi connectivity index (χ4n) is 2.06. The average Bonchev–Trinajstić information content (AvgIpc) is 2.55. The maximum atomic E-state index is 5.65. The highest BCUT2D eigenvalue weighted by molar-refractivity contribution is 14.0. The number of hydrogen-bond acceptors (Lipinski definition) is 3. The van der Waals surface area contributed by atoms with Gasteiger partial charge in [0.15, 0.2) is 17.5 Å². The summed E-state index contributed by atoms with van der Waals surface area (Å²) in [5.41, 5.74) is 1.18. The number of aliphatic imine (C=N–C) groups is 1. The Hall–Kier alpha value is -1.44. The van der Waals surface area contributed by atoms with Crippen molar-refractivity contribution in [1.29, 1.82) is 0 Å². The van der Waals surface area contributed by atoms with Crippen molar-refractivity contribution in [2.75, 3.05) is 32.8 Å². The van der Waals surface area contributed by atoms with Gasteiger partial charge in [0.1, 0.15) is 0 Å². The smallest absolute Gasteiger partial charge is 0.191 e. The van der Waals surface area contributed by atoms with Crippen LogP contribution in [-0.4, -0.2) is 38.8 Å². The van der Waals surface area contributed by atoms with Crippen molar-refractivity contribution in [3.05, 3.63) is 36.4 Å². The van der Waals surface area contributed by atoms with Crippen LogP contribution in [0.2, 0.25) is 0 Å². The van der Waals surface area contributed by atoms with Gasteiger partial charge in [0, 0.05) is 19.6 Å². The van der Waals surface area contributed by atoms with Gasteiger partial charge in [0.2, 0.25) is 0 Å². The van der Waals surface area contributed by atoms with E-state index >= 15 is 0 Å². The van der Waals surface area contributed by atoms with Gasteiger partial charge in [0.05, 0.1) is 13.2 Å². The molecule has 5 nitrogen and oxygen atoms in total. The van der Waals surface area contributed by atoms with Gasteiger partial charge in [0.25, 0.3) is 0 Å². The highest BCUT2D eigenvalue weighted by Crippen LogP contribution is 2.28. The molecule has 0 saturated carbocycles. The highest BCUT2D eigenvalue weighted by atomic mass is 127. The van der Waals surface area contributed by atoms with Crippen molar-refractivity contribution in [3.63, 3.8) is 0 Å². The number of halogens is 1. The third-order valence-electron chi connectivity index (χ3n) is 3.04. The summed E-state index contributed by atoms with van der Waals surface area (Å²) in [6, 6.07) is 6.07. The SMILES string of the molecule is C=CCNC(=NCCc1ccc(OCC)c(OCC)c1)NCC.I. The van der Waals surface area contributed by atoms with Crippen LogP contribution in [0.1, 0.15) is 26.3 Å². The van der Waals surface area contributed by atoms with Crippen molar-refractivity contribution in [2.24, 2.45) is 4.99 Å². The highest BCUT2D eigenvalue weighted by Gasteiger charge is 2.06. The topological polar surface area (TPSA) is 54.9 Å². The van der Waals surface area contributed by atoms with E-state index in [0.29, 0.717) is 26.3 Å². The number of nitrogens with zero attached hydrogens (tertiary/aromatic N) is 1. The van der Waals surface area contributed by atoms with Crippen LogP contribution in [0.4, 0.5) is 0 Å². The van der Waals surface area contributed by atoms with Crippen molar-refractivity contribution in [3.8, 4) is 11.5 Å². The molecule has 0 aliphatic heterocycles. The quantitative estimate of drug-likeness (QED) is 0.250. The molecule has 0 aliphatic rings. The Morgan fingerprint density at radius 2 is 1.83 bits per heavy atom. The zero-order valence-corrected chi connectivity index (χ0v) is 17.3. The molecule has 0 radical (unpaired) electrons. The largest absolute Gasteiger partial charge is 0.490 e. The second kappa shape index (κ2) is 13.9. The zero-order chi connectivity index (χ0) is 16.9. The Morgan fingerprint density at radius 3 is 2.46 bits per heavy atom. The van der Waals surface area contributed by atoms with Gasteiger partial charge >= 0.3 is 0 Å². The van der Waals surface area contributed by atoms with E-state index in [1.807, 2.05) is 39.0 Å². The van der Waals surface area contributed by atoms with Crippen LogP contribution in [-0.2, 0) is 6.42 Å². The van der Waals surface area contributed by atoms with E-state index in [1.165, 1.54) is 5.56 Å². The van der Waals surface area contributed by atoms with E-state index in [9.17, 15) is 0 Å². The molecule has 6 heteroatoms. The number of hydrogen-bond donors (Lipinski definition) is 2. The molecule has 0 aromatic heterocycles. The first kappa shape index (κ1) is 22.6. The molecule has 0 bridgehead atoms. The van der Waals surface area contributed by atoms with E-state index in [-0.39, 0.29) is 24.0 Å². The summed E-state index contributed by atoms with van der Waals surface area (Å²) >= 11 is 0. The summed E-state index contributed by atoms with van der Waals surface area (Å²) in [5, 5.41) is 6.40. The van der Waals surface area contributed by atoms with Crippen molar-refractivity contribution in [1.82, 2.24) is 10.6 Å². The fraction of sp³-hybridized carbons (Fsp3) is 0.500. The van der Waals surface area contributed by atoms with E-state index in [2.05, 4.69) is 28.3 Å². The summed E-state index contributed by atoms with van der Waals surface area (Å²) in [6.45, 7) is 13.2. The van der Waals surface area contributed by atoms with Crippen LogP contribution in [0.25, 0.3) is 0 Å². The Kier molecular flexibility index (Phi) is 13.1. The van der Waals surface area contributed by atoms with Crippen molar-refractivity contribution < 1.29 is 9.47 Å². The Morgan fingerprint density at radius 1 is 1.12 bits per heavy atom. The Balaban J connectivity index is 0.00000529. The molecule has 0 heterocycles. The van der Waals surface area contributed by atoms with Crippen LogP contribution in [0.5, 0.6) is 11.5 Å². The maximum absolute atomic E-state index is 5.65. The van der Waals surface area contributed by atoms with Gasteiger partial charge in [-0.25, -0.2) is 0 Å². The number of rotatable bonds is 10. The minimum atomic E-state index is 0. The first-order valence-corrected chi connectivity index (χ1v) is 8.26. The van der Waals surface area contributed by atoms with Crippen molar-refractivity contribution >= 4 is 29.9 Å². The lowest BCUT2D eigenvalue weighted by Gasteiger charge is -2.12. The van der Waals surface area contributed by atoms with E-state index in [1.54, 1.807) is 0 Å². The molecular weight excluding hydrogens is 417 g/mol. The van der Waals surface area contributed by atoms with Crippen LogP contribution in [0.15, 0.2) is 35.8 Å². The Labute approximate surface area is 162 Å². The normalized spacial score (nSPS) is 10.5. The summed E-state index contributed by atoms with van der Waals surface area (Å²) < 4.78 is 11.2. The molecule has 0 aliphatic carbocycles. The summed E-state index contributed by atoms with van der Waals surface area (Å²) in [5.74, 6) is 2.40. The molecule has 0 saturated heterocycles. The minimum Gasteiger partial charge on any atom is -0.490 e. The van der Waals surface area contributed by atoms with Crippen LogP contribution in [0, 0.1) is 0 Å². The molecule has 2 N–H and O–H groups in total. The molecule has 0 unspecified atom stereocenters. The standard InChI is InChI=1S/C18H29N3O2.HI/c1-5-12-20-18(19-6-2)21-13-11-15-9-10-16(22-7-3)17(14-15)23-8-4;/h5,9-10,14H,1,6-8,11-13H2,2-4H3,(H2,19,20,21);1H. The summed E-state index contributed by atoms with van der Waals surface area (Å²) in [7, 11) is 0. The average molecular weight is 447 g/mol. The second-order valence-corrected chi connectivity index (χ2v) is 4.83. The maximum Gasteiger partial charge on any atom is 0.191 e. The number of benzene rings is 1. The molecular formula is C18H30IN3O2. The third-order valence-corrected chi connectivity index (χ3v) is 3.04. The predicted octanol–water partition coefficient (Wildman–Crippen LogP) is 3.39. The lowest BCUT2D eigenvalue weighted by Crippen LogP contribution is -2.37. The molecule has 1 aromatic rings. The molecule has 24 heavy (non-hydrogen) atoms. The summed E-state index contributed by atoms with van der Waals surface area (Å²) in [4.78, 5) is 4.56.